The first-order valence-electron chi connectivity index (χ1n) is 7.23. The molecule has 0 fully saturated rings. The number of nitrogens with two attached hydrogens (primary N) is 2. The lowest BCUT2D eigenvalue weighted by atomic mass is 10.0. The molecule has 7 nitrogen and oxygen atoms in total. The highest BCUT2D eigenvalue weighted by Crippen LogP contribution is 2.39. The molecule has 3 aromatic rings. The first-order valence-corrected chi connectivity index (χ1v) is 7.60. The van der Waals surface area contributed by atoms with Gasteiger partial charge in [-0.3, -0.25) is 0 Å². The van der Waals surface area contributed by atoms with Crippen LogP contribution in [0.2, 0.25) is 5.02 Å². The average Bonchev–Trinajstić information content (AvgIpc) is 2.57. The van der Waals surface area contributed by atoms with E-state index in [4.69, 9.17) is 27.9 Å². The lowest BCUT2D eigenvalue weighted by Crippen LogP contribution is -2.11. The number of ether oxygens (including phenoxy) is 1. The maximum absolute atomic E-state index is 9.97. The van der Waals surface area contributed by atoms with E-state index in [1.807, 2.05) is 25.1 Å². The summed E-state index contributed by atoms with van der Waals surface area (Å²) in [5.41, 5.74) is 10.5. The third-order valence-electron chi connectivity index (χ3n) is 3.51. The Balaban J connectivity index is 2.18. The molecule has 6 N–H and O–H groups in total. The molecule has 0 aliphatic rings. The van der Waals surface area contributed by atoms with Crippen LogP contribution in [0.25, 0.3) is 22.0 Å². The van der Waals surface area contributed by atoms with E-state index in [2.05, 4.69) is 15.4 Å². The molecule has 0 saturated carbocycles. The van der Waals surface area contributed by atoms with Gasteiger partial charge in [0.25, 0.3) is 0 Å². The van der Waals surface area contributed by atoms with E-state index in [-0.39, 0.29) is 16.7 Å². The number of anilines is 2. The standard InChI is InChI=1S/C16H16ClN5O2/c1-2-24-13-7-9(6-11(17)14(13)23)8-3-4-12-10(5-8)15(22-19)21-16(18)20-12/h3-7,23H,2,19H2,1H3,(H3,18,20,21,22). The predicted octanol–water partition coefficient (Wildman–Crippen LogP) is 2.92. The minimum Gasteiger partial charge on any atom is -0.503 e. The quantitative estimate of drug-likeness (QED) is 0.424. The number of phenols is 1. The molecule has 0 aliphatic heterocycles. The number of nitrogens with one attached hydrogen (secondary N) is 1. The van der Waals surface area contributed by atoms with Gasteiger partial charge in [-0.25, -0.2) is 10.8 Å². The maximum Gasteiger partial charge on any atom is 0.222 e. The van der Waals surface area contributed by atoms with Gasteiger partial charge in [-0.15, -0.1) is 0 Å². The molecule has 8 heteroatoms. The van der Waals surface area contributed by atoms with Crippen molar-refractivity contribution >= 4 is 34.3 Å². The number of hydrogen-bond acceptors (Lipinski definition) is 7. The highest BCUT2D eigenvalue weighted by Gasteiger charge is 2.12. The van der Waals surface area contributed by atoms with Crippen LogP contribution in [0.1, 0.15) is 6.92 Å². The second-order valence-corrected chi connectivity index (χ2v) is 5.45. The number of nitrogens with zero attached hydrogens (tertiary/aromatic N) is 2. The lowest BCUT2D eigenvalue weighted by molar-refractivity contribution is 0.318. The Bertz CT molecular complexity index is 917. The number of aromatic hydroxyl groups is 1. The molecule has 2 aromatic carbocycles. The monoisotopic (exact) mass is 345 g/mol. The van der Waals surface area contributed by atoms with Crippen molar-refractivity contribution in [1.29, 1.82) is 0 Å². The van der Waals surface area contributed by atoms with Crippen LogP contribution in [0.5, 0.6) is 11.5 Å². The Kier molecular flexibility index (Phi) is 4.28. The van der Waals surface area contributed by atoms with Gasteiger partial charge in [-0.1, -0.05) is 17.7 Å². The van der Waals surface area contributed by atoms with Crippen LogP contribution in [0.4, 0.5) is 11.8 Å². The van der Waals surface area contributed by atoms with E-state index in [0.717, 1.165) is 11.1 Å². The van der Waals surface area contributed by atoms with Crippen molar-refractivity contribution < 1.29 is 9.84 Å². The van der Waals surface area contributed by atoms with Gasteiger partial charge in [0.05, 0.1) is 17.1 Å². The average molecular weight is 346 g/mol. The second-order valence-electron chi connectivity index (χ2n) is 5.04. The molecule has 0 spiro atoms. The van der Waals surface area contributed by atoms with Gasteiger partial charge in [0.15, 0.2) is 17.3 Å². The lowest BCUT2D eigenvalue weighted by Gasteiger charge is -2.12. The molecule has 0 unspecified atom stereocenters. The van der Waals surface area contributed by atoms with E-state index in [1.54, 1.807) is 12.1 Å². The molecule has 0 radical (unpaired) electrons. The molecule has 0 atom stereocenters. The summed E-state index contributed by atoms with van der Waals surface area (Å²) in [7, 11) is 0. The minimum atomic E-state index is -0.0801. The number of nitrogen functional groups attached to an aromatic ring is 2. The summed E-state index contributed by atoms with van der Waals surface area (Å²) in [5.74, 6) is 6.31. The first kappa shape index (κ1) is 16.1. The third kappa shape index (κ3) is 2.86. The topological polar surface area (TPSA) is 119 Å². The third-order valence-corrected chi connectivity index (χ3v) is 3.80. The SMILES string of the molecule is CCOc1cc(-c2ccc3nc(N)nc(NN)c3c2)cc(Cl)c1O. The normalized spacial score (nSPS) is 10.8. The van der Waals surface area contributed by atoms with Crippen molar-refractivity contribution in [3.63, 3.8) is 0 Å². The van der Waals surface area contributed by atoms with Crippen LogP contribution >= 0.6 is 11.6 Å². The van der Waals surface area contributed by atoms with Gasteiger partial charge >= 0.3 is 0 Å². The molecular weight excluding hydrogens is 330 g/mol. The van der Waals surface area contributed by atoms with Crippen molar-refractivity contribution in [2.24, 2.45) is 5.84 Å². The van der Waals surface area contributed by atoms with Crippen molar-refractivity contribution in [2.75, 3.05) is 17.8 Å². The number of rotatable bonds is 4. The molecule has 1 aromatic heterocycles. The van der Waals surface area contributed by atoms with E-state index < -0.39 is 0 Å². The van der Waals surface area contributed by atoms with Crippen molar-refractivity contribution in [1.82, 2.24) is 9.97 Å². The Labute approximate surface area is 143 Å². The number of hydrazine groups is 1. The number of fused-ring (bicyclic) bond motifs is 1. The summed E-state index contributed by atoms with van der Waals surface area (Å²) >= 11 is 6.10. The molecule has 0 aliphatic carbocycles. The fourth-order valence-electron chi connectivity index (χ4n) is 2.44. The van der Waals surface area contributed by atoms with Crippen LogP contribution in [0.15, 0.2) is 30.3 Å². The zero-order valence-corrected chi connectivity index (χ0v) is 13.6. The largest absolute Gasteiger partial charge is 0.503 e. The molecule has 0 amide bonds. The van der Waals surface area contributed by atoms with Crippen molar-refractivity contribution in [3.05, 3.63) is 35.4 Å². The molecule has 24 heavy (non-hydrogen) atoms. The second kappa shape index (κ2) is 6.38. The highest BCUT2D eigenvalue weighted by molar-refractivity contribution is 6.32. The van der Waals surface area contributed by atoms with Crippen LogP contribution in [0.3, 0.4) is 0 Å². The van der Waals surface area contributed by atoms with E-state index in [1.165, 1.54) is 0 Å². The van der Waals surface area contributed by atoms with Crippen LogP contribution in [0, 0.1) is 0 Å². The van der Waals surface area contributed by atoms with Gasteiger partial charge < -0.3 is 21.0 Å². The van der Waals surface area contributed by atoms with Crippen LogP contribution < -0.4 is 21.7 Å². The Morgan fingerprint density at radius 1 is 1.21 bits per heavy atom. The van der Waals surface area contributed by atoms with Gasteiger partial charge in [-0.2, -0.15) is 4.98 Å². The molecule has 3 rings (SSSR count). The van der Waals surface area contributed by atoms with E-state index in [0.29, 0.717) is 29.1 Å². The van der Waals surface area contributed by atoms with E-state index >= 15 is 0 Å². The molecule has 124 valence electrons. The summed E-state index contributed by atoms with van der Waals surface area (Å²) in [6.45, 7) is 2.25. The van der Waals surface area contributed by atoms with Gasteiger partial charge in [0, 0.05) is 5.39 Å². The molecule has 0 saturated heterocycles. The zero-order valence-electron chi connectivity index (χ0n) is 12.9. The number of benzene rings is 2. The number of halogens is 1. The molecule has 0 bridgehead atoms. The fraction of sp³-hybridized carbons (Fsp3) is 0.125. The highest BCUT2D eigenvalue weighted by atomic mass is 35.5. The maximum atomic E-state index is 9.97. The number of aromatic nitrogens is 2. The number of hydrogen-bond donors (Lipinski definition) is 4. The summed E-state index contributed by atoms with van der Waals surface area (Å²) < 4.78 is 5.42. The molecule has 1 heterocycles. The Morgan fingerprint density at radius 3 is 2.71 bits per heavy atom. The zero-order chi connectivity index (χ0) is 17.3. The minimum absolute atomic E-state index is 0.0801. The van der Waals surface area contributed by atoms with Crippen molar-refractivity contribution in [2.45, 2.75) is 6.92 Å². The Morgan fingerprint density at radius 2 is 2.00 bits per heavy atom. The van der Waals surface area contributed by atoms with Crippen LogP contribution in [-0.2, 0) is 0 Å². The predicted molar refractivity (Wildman–Crippen MR) is 95.0 cm³/mol. The smallest absolute Gasteiger partial charge is 0.222 e. The summed E-state index contributed by atoms with van der Waals surface area (Å²) in [6.07, 6.45) is 0. The van der Waals surface area contributed by atoms with Crippen molar-refractivity contribution in [3.8, 4) is 22.6 Å². The van der Waals surface area contributed by atoms with Gasteiger partial charge in [-0.05, 0) is 42.3 Å². The fourth-order valence-corrected chi connectivity index (χ4v) is 2.65. The molecular formula is C16H16ClN5O2. The Hall–Kier alpha value is -2.77. The van der Waals surface area contributed by atoms with Gasteiger partial charge in [0.1, 0.15) is 0 Å². The summed E-state index contributed by atoms with van der Waals surface area (Å²) in [6, 6.07) is 8.93. The first-order chi connectivity index (χ1) is 11.5. The number of phenolic OH excluding ortho intramolecular Hbond substituents is 1. The summed E-state index contributed by atoms with van der Waals surface area (Å²) in [4.78, 5) is 8.25. The van der Waals surface area contributed by atoms with Gasteiger partial charge in [0.2, 0.25) is 5.95 Å². The summed E-state index contributed by atoms with van der Waals surface area (Å²) in [5, 5.41) is 10.9. The van der Waals surface area contributed by atoms with E-state index in [9.17, 15) is 5.11 Å². The van der Waals surface area contributed by atoms with Crippen LogP contribution in [-0.4, -0.2) is 21.7 Å².